The number of aryl methyl sites for hydroxylation is 1. The topological polar surface area (TPSA) is 49.4 Å². The minimum atomic E-state index is -0.0246. The van der Waals surface area contributed by atoms with Crippen molar-refractivity contribution in [1.82, 2.24) is 10.2 Å². The zero-order valence-corrected chi connectivity index (χ0v) is 13.6. The van der Waals surface area contributed by atoms with Crippen molar-refractivity contribution in [1.29, 1.82) is 0 Å². The normalized spacial score (nSPS) is 10.2. The summed E-state index contributed by atoms with van der Waals surface area (Å²) >= 11 is 0. The van der Waals surface area contributed by atoms with Crippen molar-refractivity contribution in [3.8, 4) is 0 Å². The molecule has 0 heterocycles. The monoisotopic (exact) mass is 310 g/mol. The van der Waals surface area contributed by atoms with Crippen molar-refractivity contribution < 1.29 is 9.59 Å². The number of benzene rings is 2. The summed E-state index contributed by atoms with van der Waals surface area (Å²) < 4.78 is 0. The molecule has 0 aromatic heterocycles. The van der Waals surface area contributed by atoms with Gasteiger partial charge in [-0.25, -0.2) is 0 Å². The first-order chi connectivity index (χ1) is 11.1. The van der Waals surface area contributed by atoms with Crippen LogP contribution in [0.15, 0.2) is 54.6 Å². The predicted octanol–water partition coefficient (Wildman–Crippen LogP) is 2.64. The maximum atomic E-state index is 11.9. The molecule has 0 bridgehead atoms. The van der Waals surface area contributed by atoms with Crippen LogP contribution in [0.25, 0.3) is 0 Å². The molecule has 0 saturated heterocycles. The molecule has 2 rings (SSSR count). The van der Waals surface area contributed by atoms with Gasteiger partial charge in [-0.05, 0) is 29.7 Å². The Labute approximate surface area is 137 Å². The first-order valence-corrected chi connectivity index (χ1v) is 7.67. The molecule has 0 unspecified atom stereocenters. The molecule has 0 fully saturated rings. The van der Waals surface area contributed by atoms with Crippen LogP contribution in [-0.4, -0.2) is 30.8 Å². The van der Waals surface area contributed by atoms with E-state index >= 15 is 0 Å². The average molecular weight is 310 g/mol. The number of carbonyl (C=O) groups is 2. The second kappa shape index (κ2) is 8.13. The summed E-state index contributed by atoms with van der Waals surface area (Å²) in [6.45, 7) is 0.476. The Morgan fingerprint density at radius 2 is 1.57 bits per heavy atom. The largest absolute Gasteiger partial charge is 0.352 e. The number of hydrogen-bond donors (Lipinski definition) is 1. The van der Waals surface area contributed by atoms with Crippen LogP contribution in [-0.2, 0) is 17.8 Å². The van der Waals surface area contributed by atoms with Crippen molar-refractivity contribution in [2.45, 2.75) is 19.4 Å². The Hall–Kier alpha value is -2.62. The highest BCUT2D eigenvalue weighted by molar-refractivity contribution is 5.93. The van der Waals surface area contributed by atoms with Crippen LogP contribution in [0, 0.1) is 0 Å². The highest BCUT2D eigenvalue weighted by atomic mass is 16.2. The molecule has 0 radical (unpaired) electrons. The van der Waals surface area contributed by atoms with E-state index in [-0.39, 0.29) is 11.8 Å². The molecule has 0 atom stereocenters. The van der Waals surface area contributed by atoms with E-state index in [1.807, 2.05) is 42.5 Å². The molecule has 0 aliphatic carbocycles. The molecule has 23 heavy (non-hydrogen) atoms. The Morgan fingerprint density at radius 1 is 0.913 bits per heavy atom. The van der Waals surface area contributed by atoms with Crippen LogP contribution in [0.5, 0.6) is 0 Å². The lowest BCUT2D eigenvalue weighted by Gasteiger charge is -2.11. The first kappa shape index (κ1) is 16.7. The molecule has 0 aliphatic heterocycles. The third-order valence-electron chi connectivity index (χ3n) is 3.58. The quantitative estimate of drug-likeness (QED) is 0.891. The predicted molar refractivity (Wildman–Crippen MR) is 91.1 cm³/mol. The summed E-state index contributed by atoms with van der Waals surface area (Å²) in [5, 5.41) is 2.91. The standard InChI is InChI=1S/C19H22N2O2/c1-21(2)19(23)17-11-8-16(9-12-17)14-20-18(22)13-10-15-6-4-3-5-7-15/h3-9,11-12H,10,13-14H2,1-2H3,(H,20,22). The van der Waals surface area contributed by atoms with Gasteiger partial charge in [0.25, 0.3) is 5.91 Å². The zero-order valence-electron chi connectivity index (χ0n) is 13.6. The van der Waals surface area contributed by atoms with E-state index < -0.39 is 0 Å². The Bertz CT molecular complexity index is 649. The number of nitrogens with zero attached hydrogens (tertiary/aromatic N) is 1. The molecule has 4 nitrogen and oxygen atoms in total. The van der Waals surface area contributed by atoms with Crippen LogP contribution < -0.4 is 5.32 Å². The van der Waals surface area contributed by atoms with E-state index in [0.717, 1.165) is 17.5 Å². The van der Waals surface area contributed by atoms with Crippen molar-refractivity contribution in [3.63, 3.8) is 0 Å². The molecule has 0 aliphatic rings. The summed E-state index contributed by atoms with van der Waals surface area (Å²) in [7, 11) is 3.45. The highest BCUT2D eigenvalue weighted by Crippen LogP contribution is 2.07. The van der Waals surface area contributed by atoms with E-state index in [2.05, 4.69) is 5.32 Å². The number of rotatable bonds is 6. The van der Waals surface area contributed by atoms with Crippen LogP contribution in [0.3, 0.4) is 0 Å². The zero-order chi connectivity index (χ0) is 16.7. The fourth-order valence-electron chi connectivity index (χ4n) is 2.21. The average Bonchev–Trinajstić information content (AvgIpc) is 2.58. The van der Waals surface area contributed by atoms with E-state index in [9.17, 15) is 9.59 Å². The van der Waals surface area contributed by atoms with Crippen molar-refractivity contribution in [2.75, 3.05) is 14.1 Å². The molecule has 0 spiro atoms. The Morgan fingerprint density at radius 3 is 2.17 bits per heavy atom. The van der Waals surface area contributed by atoms with Gasteiger partial charge in [0.1, 0.15) is 0 Å². The first-order valence-electron chi connectivity index (χ1n) is 7.67. The Balaban J connectivity index is 1.79. The number of carbonyl (C=O) groups excluding carboxylic acids is 2. The van der Waals surface area contributed by atoms with Gasteiger partial charge in [0.15, 0.2) is 0 Å². The maximum absolute atomic E-state index is 11.9. The van der Waals surface area contributed by atoms with E-state index in [1.54, 1.807) is 31.1 Å². The SMILES string of the molecule is CN(C)C(=O)c1ccc(CNC(=O)CCc2ccccc2)cc1. The summed E-state index contributed by atoms with van der Waals surface area (Å²) in [6.07, 6.45) is 1.21. The fourth-order valence-corrected chi connectivity index (χ4v) is 2.21. The van der Waals surface area contributed by atoms with E-state index in [4.69, 9.17) is 0 Å². The van der Waals surface area contributed by atoms with E-state index in [0.29, 0.717) is 18.5 Å². The van der Waals surface area contributed by atoms with Crippen molar-refractivity contribution >= 4 is 11.8 Å². The molecule has 0 saturated carbocycles. The Kier molecular flexibility index (Phi) is 5.92. The van der Waals surface area contributed by atoms with Crippen LogP contribution in [0.1, 0.15) is 27.9 Å². The lowest BCUT2D eigenvalue weighted by Crippen LogP contribution is -2.23. The van der Waals surface area contributed by atoms with Crippen LogP contribution in [0.4, 0.5) is 0 Å². The van der Waals surface area contributed by atoms with Gasteiger partial charge in [0, 0.05) is 32.6 Å². The molecule has 4 heteroatoms. The second-order valence-electron chi connectivity index (χ2n) is 5.66. The molecular formula is C19H22N2O2. The minimum Gasteiger partial charge on any atom is -0.352 e. The van der Waals surface area contributed by atoms with Gasteiger partial charge >= 0.3 is 0 Å². The maximum Gasteiger partial charge on any atom is 0.253 e. The fraction of sp³-hybridized carbons (Fsp3) is 0.263. The molecule has 2 aromatic rings. The number of amides is 2. The van der Waals surface area contributed by atoms with Gasteiger partial charge in [-0.1, -0.05) is 42.5 Å². The lowest BCUT2D eigenvalue weighted by atomic mass is 10.1. The molecule has 2 amide bonds. The molecule has 1 N–H and O–H groups in total. The molecule has 120 valence electrons. The van der Waals surface area contributed by atoms with Gasteiger partial charge in [-0.2, -0.15) is 0 Å². The minimum absolute atomic E-state index is 0.0246. The lowest BCUT2D eigenvalue weighted by molar-refractivity contribution is -0.121. The third kappa shape index (κ3) is 5.25. The second-order valence-corrected chi connectivity index (χ2v) is 5.66. The third-order valence-corrected chi connectivity index (χ3v) is 3.58. The summed E-state index contributed by atoms with van der Waals surface area (Å²) in [4.78, 5) is 25.2. The summed E-state index contributed by atoms with van der Waals surface area (Å²) in [5.41, 5.74) is 2.79. The van der Waals surface area contributed by atoms with Gasteiger partial charge in [0.2, 0.25) is 5.91 Å². The van der Waals surface area contributed by atoms with Gasteiger partial charge in [-0.15, -0.1) is 0 Å². The smallest absolute Gasteiger partial charge is 0.253 e. The number of hydrogen-bond acceptors (Lipinski definition) is 2. The summed E-state index contributed by atoms with van der Waals surface area (Å²) in [6, 6.07) is 17.3. The van der Waals surface area contributed by atoms with Gasteiger partial charge in [0.05, 0.1) is 0 Å². The number of nitrogens with one attached hydrogen (secondary N) is 1. The van der Waals surface area contributed by atoms with Crippen molar-refractivity contribution in [3.05, 3.63) is 71.3 Å². The summed E-state index contributed by atoms with van der Waals surface area (Å²) in [5.74, 6) is 0.00532. The van der Waals surface area contributed by atoms with Crippen LogP contribution >= 0.6 is 0 Å². The van der Waals surface area contributed by atoms with Crippen molar-refractivity contribution in [2.24, 2.45) is 0 Å². The van der Waals surface area contributed by atoms with E-state index in [1.165, 1.54) is 0 Å². The highest BCUT2D eigenvalue weighted by Gasteiger charge is 2.07. The van der Waals surface area contributed by atoms with Crippen LogP contribution in [0.2, 0.25) is 0 Å². The molecular weight excluding hydrogens is 288 g/mol. The molecule has 2 aromatic carbocycles. The van der Waals surface area contributed by atoms with Gasteiger partial charge < -0.3 is 10.2 Å². The van der Waals surface area contributed by atoms with Gasteiger partial charge in [-0.3, -0.25) is 9.59 Å².